The minimum Gasteiger partial charge on any atom is -0.369 e. The molecule has 3 rings (SSSR count). The SMILES string of the molecule is C=C1[C@H](CC)CC[C@@H]1n1cnc2c(=O)[nH]c(N)nc21. The van der Waals surface area contributed by atoms with Gasteiger partial charge in [-0.2, -0.15) is 4.98 Å². The molecule has 1 saturated carbocycles. The number of allylic oxidation sites excluding steroid dienone is 1. The Kier molecular flexibility index (Phi) is 2.66. The molecule has 0 spiro atoms. The Hall–Kier alpha value is -2.11. The lowest BCUT2D eigenvalue weighted by atomic mass is 10.0. The van der Waals surface area contributed by atoms with Crippen LogP contribution in [0.1, 0.15) is 32.2 Å². The first kappa shape index (κ1) is 12.0. The molecule has 1 fully saturated rings. The number of nitrogens with zero attached hydrogens (tertiary/aromatic N) is 3. The normalized spacial score (nSPS) is 23.3. The van der Waals surface area contributed by atoms with Crippen molar-refractivity contribution in [1.82, 2.24) is 19.5 Å². The Bertz CT molecular complexity index is 699. The fourth-order valence-corrected chi connectivity index (χ4v) is 2.96. The van der Waals surface area contributed by atoms with E-state index in [-0.39, 0.29) is 17.5 Å². The fraction of sp³-hybridized carbons (Fsp3) is 0.462. The van der Waals surface area contributed by atoms with Crippen molar-refractivity contribution in [2.75, 3.05) is 5.73 Å². The number of imidazole rings is 1. The van der Waals surface area contributed by atoms with Crippen molar-refractivity contribution >= 4 is 17.1 Å². The van der Waals surface area contributed by atoms with Crippen LogP contribution in [0.25, 0.3) is 11.2 Å². The largest absolute Gasteiger partial charge is 0.369 e. The van der Waals surface area contributed by atoms with Crippen LogP contribution in [0.2, 0.25) is 0 Å². The maximum atomic E-state index is 11.8. The number of hydrogen-bond acceptors (Lipinski definition) is 4. The van der Waals surface area contributed by atoms with Crippen LogP contribution in [0, 0.1) is 5.92 Å². The minimum absolute atomic E-state index is 0.120. The minimum atomic E-state index is -0.295. The highest BCUT2D eigenvalue weighted by atomic mass is 16.1. The van der Waals surface area contributed by atoms with Crippen LogP contribution in [-0.4, -0.2) is 19.5 Å². The summed E-state index contributed by atoms with van der Waals surface area (Å²) in [5, 5.41) is 0. The van der Waals surface area contributed by atoms with Crippen molar-refractivity contribution in [2.45, 2.75) is 32.2 Å². The van der Waals surface area contributed by atoms with E-state index >= 15 is 0 Å². The van der Waals surface area contributed by atoms with Crippen LogP contribution in [0.15, 0.2) is 23.3 Å². The van der Waals surface area contributed by atoms with E-state index in [9.17, 15) is 4.79 Å². The van der Waals surface area contributed by atoms with Gasteiger partial charge in [0.15, 0.2) is 11.2 Å². The van der Waals surface area contributed by atoms with E-state index in [1.807, 2.05) is 4.57 Å². The number of aromatic amines is 1. The van der Waals surface area contributed by atoms with Gasteiger partial charge in [-0.05, 0) is 25.2 Å². The molecule has 2 heterocycles. The summed E-state index contributed by atoms with van der Waals surface area (Å²) in [6, 6.07) is 0.170. The van der Waals surface area contributed by atoms with E-state index in [0.29, 0.717) is 17.1 Å². The van der Waals surface area contributed by atoms with Crippen molar-refractivity contribution in [3.63, 3.8) is 0 Å². The van der Waals surface area contributed by atoms with Gasteiger partial charge in [0, 0.05) is 0 Å². The van der Waals surface area contributed by atoms with E-state index in [1.54, 1.807) is 6.33 Å². The summed E-state index contributed by atoms with van der Waals surface area (Å²) < 4.78 is 1.93. The Morgan fingerprint density at radius 3 is 3.05 bits per heavy atom. The first-order chi connectivity index (χ1) is 9.11. The maximum Gasteiger partial charge on any atom is 0.280 e. The predicted molar refractivity (Wildman–Crippen MR) is 73.8 cm³/mol. The van der Waals surface area contributed by atoms with Gasteiger partial charge in [0.05, 0.1) is 12.4 Å². The molecule has 2 aromatic heterocycles. The summed E-state index contributed by atoms with van der Waals surface area (Å²) in [5.74, 6) is 0.664. The average molecular weight is 259 g/mol. The lowest BCUT2D eigenvalue weighted by Crippen LogP contribution is -2.14. The molecule has 0 amide bonds. The van der Waals surface area contributed by atoms with E-state index < -0.39 is 0 Å². The van der Waals surface area contributed by atoms with E-state index in [4.69, 9.17) is 5.73 Å². The van der Waals surface area contributed by atoms with Crippen molar-refractivity contribution in [3.05, 3.63) is 28.8 Å². The molecule has 3 N–H and O–H groups in total. The molecule has 2 atom stereocenters. The third-order valence-electron chi connectivity index (χ3n) is 4.02. The van der Waals surface area contributed by atoms with Gasteiger partial charge >= 0.3 is 0 Å². The second kappa shape index (κ2) is 4.22. The van der Waals surface area contributed by atoms with Gasteiger partial charge < -0.3 is 10.3 Å². The van der Waals surface area contributed by atoms with E-state index in [1.165, 1.54) is 5.57 Å². The van der Waals surface area contributed by atoms with Crippen LogP contribution in [0.5, 0.6) is 0 Å². The molecule has 0 bridgehead atoms. The molecule has 0 aliphatic heterocycles. The lowest BCUT2D eigenvalue weighted by Gasteiger charge is -2.16. The quantitative estimate of drug-likeness (QED) is 0.802. The number of fused-ring (bicyclic) bond motifs is 1. The molecule has 1 aliphatic carbocycles. The molecule has 0 radical (unpaired) electrons. The summed E-state index contributed by atoms with van der Waals surface area (Å²) in [5.41, 5.74) is 7.39. The molecule has 6 nitrogen and oxygen atoms in total. The van der Waals surface area contributed by atoms with Crippen molar-refractivity contribution in [2.24, 2.45) is 5.92 Å². The van der Waals surface area contributed by atoms with Gasteiger partial charge in [-0.3, -0.25) is 9.78 Å². The van der Waals surface area contributed by atoms with Crippen LogP contribution in [0.3, 0.4) is 0 Å². The first-order valence-electron chi connectivity index (χ1n) is 6.52. The van der Waals surface area contributed by atoms with Gasteiger partial charge in [0.2, 0.25) is 5.95 Å². The van der Waals surface area contributed by atoms with Gasteiger partial charge in [-0.25, -0.2) is 4.98 Å². The third-order valence-corrected chi connectivity index (χ3v) is 4.02. The predicted octanol–water partition coefficient (Wildman–Crippen LogP) is 1.62. The van der Waals surface area contributed by atoms with E-state index in [2.05, 4.69) is 28.5 Å². The Labute approximate surface area is 110 Å². The number of nitrogen functional groups attached to an aromatic ring is 1. The zero-order chi connectivity index (χ0) is 13.6. The average Bonchev–Trinajstić information content (AvgIpc) is 2.92. The zero-order valence-electron chi connectivity index (χ0n) is 10.9. The Balaban J connectivity index is 2.12. The molecule has 0 unspecified atom stereocenters. The smallest absolute Gasteiger partial charge is 0.280 e. The number of aromatic nitrogens is 4. The second-order valence-electron chi connectivity index (χ2n) is 5.05. The summed E-state index contributed by atoms with van der Waals surface area (Å²) in [6.45, 7) is 6.37. The number of hydrogen-bond donors (Lipinski definition) is 2. The fourth-order valence-electron chi connectivity index (χ4n) is 2.96. The monoisotopic (exact) mass is 259 g/mol. The Morgan fingerprint density at radius 2 is 2.37 bits per heavy atom. The van der Waals surface area contributed by atoms with Gasteiger partial charge in [-0.15, -0.1) is 0 Å². The van der Waals surface area contributed by atoms with Crippen molar-refractivity contribution in [1.29, 1.82) is 0 Å². The van der Waals surface area contributed by atoms with Crippen molar-refractivity contribution < 1.29 is 0 Å². The van der Waals surface area contributed by atoms with Crippen LogP contribution < -0.4 is 11.3 Å². The molecule has 2 aromatic rings. The molecule has 1 aliphatic rings. The number of rotatable bonds is 2. The summed E-state index contributed by atoms with van der Waals surface area (Å²) >= 11 is 0. The summed E-state index contributed by atoms with van der Waals surface area (Å²) in [4.78, 5) is 22.6. The topological polar surface area (TPSA) is 89.6 Å². The van der Waals surface area contributed by atoms with Gasteiger partial charge in [0.1, 0.15) is 0 Å². The number of nitrogens with two attached hydrogens (primary N) is 1. The standard InChI is InChI=1S/C13H17N5O/c1-3-8-4-5-9(7(8)2)18-6-15-10-11(18)16-13(14)17-12(10)19/h6,8-9H,2-5H2,1H3,(H3,14,16,17,19)/t8-,9+/m1/s1. The van der Waals surface area contributed by atoms with Crippen LogP contribution in [0.4, 0.5) is 5.95 Å². The zero-order valence-corrected chi connectivity index (χ0v) is 10.9. The molecular formula is C13H17N5O. The third kappa shape index (κ3) is 1.75. The first-order valence-corrected chi connectivity index (χ1v) is 6.52. The number of nitrogens with one attached hydrogen (secondary N) is 1. The number of anilines is 1. The van der Waals surface area contributed by atoms with Crippen LogP contribution in [-0.2, 0) is 0 Å². The van der Waals surface area contributed by atoms with E-state index in [0.717, 1.165) is 19.3 Å². The molecule has 19 heavy (non-hydrogen) atoms. The maximum absolute atomic E-state index is 11.8. The molecule has 6 heteroatoms. The molecule has 0 aromatic carbocycles. The highest BCUT2D eigenvalue weighted by molar-refractivity contribution is 5.70. The summed E-state index contributed by atoms with van der Waals surface area (Å²) in [6.07, 6.45) is 4.90. The second-order valence-corrected chi connectivity index (χ2v) is 5.05. The highest BCUT2D eigenvalue weighted by Gasteiger charge is 2.30. The van der Waals surface area contributed by atoms with Gasteiger partial charge in [-0.1, -0.05) is 19.1 Å². The molecular weight excluding hydrogens is 242 g/mol. The summed E-state index contributed by atoms with van der Waals surface area (Å²) in [7, 11) is 0. The number of H-pyrrole nitrogens is 1. The van der Waals surface area contributed by atoms with Crippen LogP contribution >= 0.6 is 0 Å². The molecule has 0 saturated heterocycles. The van der Waals surface area contributed by atoms with Gasteiger partial charge in [0.25, 0.3) is 5.56 Å². The highest BCUT2D eigenvalue weighted by Crippen LogP contribution is 2.41. The van der Waals surface area contributed by atoms with Crippen molar-refractivity contribution in [3.8, 4) is 0 Å². The lowest BCUT2D eigenvalue weighted by molar-refractivity contribution is 0.595. The molecule has 100 valence electrons. The Morgan fingerprint density at radius 1 is 1.58 bits per heavy atom.